The van der Waals surface area contributed by atoms with Crippen LogP contribution in [-0.2, 0) is 6.42 Å². The quantitative estimate of drug-likeness (QED) is 0.619. The molecule has 0 saturated carbocycles. The molecule has 0 aliphatic heterocycles. The van der Waals surface area contributed by atoms with Crippen LogP contribution >= 0.6 is 27.7 Å². The van der Waals surface area contributed by atoms with E-state index in [1.54, 1.807) is 17.8 Å². The van der Waals surface area contributed by atoms with E-state index < -0.39 is 0 Å². The molecule has 0 spiro atoms. The van der Waals surface area contributed by atoms with Crippen LogP contribution in [0.5, 0.6) is 11.6 Å². The van der Waals surface area contributed by atoms with Crippen LogP contribution in [0.2, 0.25) is 0 Å². The second-order valence-corrected chi connectivity index (χ2v) is 5.21. The minimum absolute atomic E-state index is 0.565. The summed E-state index contributed by atoms with van der Waals surface area (Å²) in [5, 5.41) is 0. The van der Waals surface area contributed by atoms with Crippen molar-refractivity contribution in [1.29, 1.82) is 0 Å². The van der Waals surface area contributed by atoms with Gasteiger partial charge >= 0.3 is 0 Å². The standard InChI is InChI=1S/C13H13BrN2OS/c1-3-12-15-11(14)8-13(16-12)17-9-6-4-5-7-10(9)18-2/h4-8H,3H2,1-2H3. The largest absolute Gasteiger partial charge is 0.438 e. The fourth-order valence-electron chi connectivity index (χ4n) is 1.47. The molecule has 0 aliphatic carbocycles. The summed E-state index contributed by atoms with van der Waals surface area (Å²) in [4.78, 5) is 9.70. The molecule has 0 bridgehead atoms. The van der Waals surface area contributed by atoms with Crippen LogP contribution in [0.1, 0.15) is 12.7 Å². The predicted octanol–water partition coefficient (Wildman–Crippen LogP) is 4.32. The van der Waals surface area contributed by atoms with Crippen LogP contribution in [-0.4, -0.2) is 16.2 Å². The first-order valence-corrected chi connectivity index (χ1v) is 7.59. The highest BCUT2D eigenvalue weighted by Crippen LogP contribution is 2.31. The number of thioether (sulfide) groups is 1. The van der Waals surface area contributed by atoms with Crippen LogP contribution in [0, 0.1) is 0 Å². The number of rotatable bonds is 4. The summed E-state index contributed by atoms with van der Waals surface area (Å²) in [5.74, 6) is 2.15. The van der Waals surface area contributed by atoms with Gasteiger partial charge in [-0.1, -0.05) is 19.1 Å². The van der Waals surface area contributed by atoms with E-state index in [9.17, 15) is 0 Å². The summed E-state index contributed by atoms with van der Waals surface area (Å²) in [6.07, 6.45) is 2.80. The molecule has 0 amide bonds. The fraction of sp³-hybridized carbons (Fsp3) is 0.231. The smallest absolute Gasteiger partial charge is 0.223 e. The van der Waals surface area contributed by atoms with Gasteiger partial charge in [0.05, 0.1) is 0 Å². The zero-order valence-electron chi connectivity index (χ0n) is 10.2. The van der Waals surface area contributed by atoms with Gasteiger partial charge in [-0.25, -0.2) is 4.98 Å². The minimum atomic E-state index is 0.565. The molecule has 0 aliphatic rings. The number of nitrogens with zero attached hydrogens (tertiary/aromatic N) is 2. The Morgan fingerprint density at radius 3 is 2.78 bits per heavy atom. The Balaban J connectivity index is 2.30. The van der Waals surface area contributed by atoms with E-state index in [-0.39, 0.29) is 0 Å². The van der Waals surface area contributed by atoms with Crippen LogP contribution in [0.4, 0.5) is 0 Å². The molecule has 2 aromatic rings. The number of halogens is 1. The third-order valence-electron chi connectivity index (χ3n) is 2.32. The maximum absolute atomic E-state index is 5.82. The van der Waals surface area contributed by atoms with E-state index in [0.29, 0.717) is 5.88 Å². The highest BCUT2D eigenvalue weighted by molar-refractivity contribution is 9.10. The fourth-order valence-corrected chi connectivity index (χ4v) is 2.39. The van der Waals surface area contributed by atoms with Gasteiger partial charge in [-0.3, -0.25) is 0 Å². The van der Waals surface area contributed by atoms with Crippen molar-refractivity contribution in [2.45, 2.75) is 18.2 Å². The molecule has 0 saturated heterocycles. The van der Waals surface area contributed by atoms with Gasteiger partial charge in [-0.2, -0.15) is 4.98 Å². The Labute approximate surface area is 119 Å². The van der Waals surface area contributed by atoms with E-state index in [4.69, 9.17) is 4.74 Å². The van der Waals surface area contributed by atoms with Gasteiger partial charge in [0.15, 0.2) is 0 Å². The maximum Gasteiger partial charge on any atom is 0.223 e. The van der Waals surface area contributed by atoms with Gasteiger partial charge in [-0.05, 0) is 34.3 Å². The monoisotopic (exact) mass is 324 g/mol. The lowest BCUT2D eigenvalue weighted by Gasteiger charge is -2.09. The number of hydrogen-bond acceptors (Lipinski definition) is 4. The summed E-state index contributed by atoms with van der Waals surface area (Å²) in [5.41, 5.74) is 0. The molecule has 0 unspecified atom stereocenters. The van der Waals surface area contributed by atoms with Crippen molar-refractivity contribution >= 4 is 27.7 Å². The number of hydrogen-bond donors (Lipinski definition) is 0. The average Bonchev–Trinajstić information content (AvgIpc) is 2.38. The topological polar surface area (TPSA) is 35.0 Å². The lowest BCUT2D eigenvalue weighted by atomic mass is 10.3. The lowest BCUT2D eigenvalue weighted by Crippen LogP contribution is -1.97. The summed E-state index contributed by atoms with van der Waals surface area (Å²) in [6.45, 7) is 2.02. The Kier molecular flexibility index (Phi) is 4.60. The van der Waals surface area contributed by atoms with Gasteiger partial charge in [0.1, 0.15) is 16.2 Å². The second kappa shape index (κ2) is 6.20. The molecule has 1 aromatic carbocycles. The zero-order chi connectivity index (χ0) is 13.0. The normalized spacial score (nSPS) is 10.4. The molecular weight excluding hydrogens is 312 g/mol. The van der Waals surface area contributed by atoms with Crippen molar-refractivity contribution in [2.75, 3.05) is 6.26 Å². The Bertz CT molecular complexity index is 548. The minimum Gasteiger partial charge on any atom is -0.438 e. The van der Waals surface area contributed by atoms with E-state index in [1.165, 1.54) is 0 Å². The van der Waals surface area contributed by atoms with Gasteiger partial charge in [-0.15, -0.1) is 11.8 Å². The average molecular weight is 325 g/mol. The molecule has 5 heteroatoms. The van der Waals surface area contributed by atoms with E-state index in [0.717, 1.165) is 27.5 Å². The van der Waals surface area contributed by atoms with Crippen LogP contribution in [0.25, 0.3) is 0 Å². The Morgan fingerprint density at radius 1 is 1.28 bits per heavy atom. The zero-order valence-corrected chi connectivity index (χ0v) is 12.6. The van der Waals surface area contributed by atoms with Crippen molar-refractivity contribution in [1.82, 2.24) is 9.97 Å². The van der Waals surface area contributed by atoms with Crippen molar-refractivity contribution in [2.24, 2.45) is 0 Å². The molecule has 3 nitrogen and oxygen atoms in total. The molecular formula is C13H13BrN2OS. The lowest BCUT2D eigenvalue weighted by molar-refractivity contribution is 0.447. The van der Waals surface area contributed by atoms with Gasteiger partial charge in [0, 0.05) is 17.4 Å². The number of aryl methyl sites for hydroxylation is 1. The summed E-state index contributed by atoms with van der Waals surface area (Å²) in [7, 11) is 0. The summed E-state index contributed by atoms with van der Waals surface area (Å²) in [6, 6.07) is 9.68. The number of ether oxygens (including phenoxy) is 1. The SMILES string of the molecule is CCc1nc(Br)cc(Oc2ccccc2SC)n1. The summed E-state index contributed by atoms with van der Waals surface area (Å²) >= 11 is 5.02. The van der Waals surface area contributed by atoms with Crippen LogP contribution in [0.3, 0.4) is 0 Å². The van der Waals surface area contributed by atoms with E-state index >= 15 is 0 Å². The molecule has 1 aromatic heterocycles. The number of aromatic nitrogens is 2. The molecule has 1 heterocycles. The van der Waals surface area contributed by atoms with Crippen molar-refractivity contribution in [3.05, 3.63) is 40.8 Å². The van der Waals surface area contributed by atoms with Crippen LogP contribution in [0.15, 0.2) is 39.8 Å². The van der Waals surface area contributed by atoms with Crippen molar-refractivity contribution in [3.8, 4) is 11.6 Å². The van der Waals surface area contributed by atoms with Crippen molar-refractivity contribution in [3.63, 3.8) is 0 Å². The van der Waals surface area contributed by atoms with Gasteiger partial charge < -0.3 is 4.74 Å². The third-order valence-corrected chi connectivity index (χ3v) is 3.50. The highest BCUT2D eigenvalue weighted by atomic mass is 79.9. The molecule has 0 atom stereocenters. The Hall–Kier alpha value is -1.07. The second-order valence-electron chi connectivity index (χ2n) is 3.55. The number of para-hydroxylation sites is 1. The molecule has 0 fully saturated rings. The summed E-state index contributed by atoms with van der Waals surface area (Å²) < 4.78 is 6.56. The number of benzene rings is 1. The maximum atomic E-state index is 5.82. The molecule has 18 heavy (non-hydrogen) atoms. The van der Waals surface area contributed by atoms with Gasteiger partial charge in [0.25, 0.3) is 0 Å². The van der Waals surface area contributed by atoms with E-state index in [2.05, 4.69) is 25.9 Å². The first-order chi connectivity index (χ1) is 8.72. The van der Waals surface area contributed by atoms with Gasteiger partial charge in [0.2, 0.25) is 5.88 Å². The first kappa shape index (κ1) is 13.4. The molecule has 0 radical (unpaired) electrons. The molecule has 94 valence electrons. The first-order valence-electron chi connectivity index (χ1n) is 5.57. The third kappa shape index (κ3) is 3.23. The van der Waals surface area contributed by atoms with Crippen LogP contribution < -0.4 is 4.74 Å². The Morgan fingerprint density at radius 2 is 2.06 bits per heavy atom. The predicted molar refractivity (Wildman–Crippen MR) is 77.4 cm³/mol. The van der Waals surface area contributed by atoms with Crippen molar-refractivity contribution < 1.29 is 4.74 Å². The molecule has 0 N–H and O–H groups in total. The van der Waals surface area contributed by atoms with E-state index in [1.807, 2.05) is 37.4 Å². The highest BCUT2D eigenvalue weighted by Gasteiger charge is 2.07. The molecule has 2 rings (SSSR count).